The van der Waals surface area contributed by atoms with Crippen LogP contribution in [0.4, 0.5) is 0 Å². The number of unbranched alkanes of at least 4 members (excludes halogenated alkanes) is 22. The summed E-state index contributed by atoms with van der Waals surface area (Å²) < 4.78 is 16.9. The average Bonchev–Trinajstić information content (AvgIpc) is 3.42. The van der Waals surface area contributed by atoms with Gasteiger partial charge in [0.25, 0.3) is 0 Å². The van der Waals surface area contributed by atoms with Gasteiger partial charge in [-0.2, -0.15) is 0 Å². The van der Waals surface area contributed by atoms with Gasteiger partial charge in [0.2, 0.25) is 0 Å². The maximum absolute atomic E-state index is 12.9. The lowest BCUT2D eigenvalue weighted by Gasteiger charge is -2.18. The molecule has 0 aliphatic carbocycles. The fourth-order valence-corrected chi connectivity index (χ4v) is 8.25. The van der Waals surface area contributed by atoms with E-state index < -0.39 is 6.10 Å². The molecule has 0 aliphatic rings. The van der Waals surface area contributed by atoms with Crippen molar-refractivity contribution in [2.45, 2.75) is 277 Å². The van der Waals surface area contributed by atoms with Gasteiger partial charge in [0.05, 0.1) is 0 Å². The summed E-state index contributed by atoms with van der Waals surface area (Å²) in [6.45, 7) is 6.36. The Hall–Kier alpha value is -4.45. The van der Waals surface area contributed by atoms with E-state index in [2.05, 4.69) is 154 Å². The normalized spacial score (nSPS) is 13.0. The van der Waals surface area contributed by atoms with Crippen LogP contribution in [0.15, 0.2) is 134 Å². The smallest absolute Gasteiger partial charge is 0.306 e. The predicted octanol–water partition coefficient (Wildman–Crippen LogP) is 21.4. The van der Waals surface area contributed by atoms with Crippen molar-refractivity contribution in [2.24, 2.45) is 0 Å². The summed E-state index contributed by atoms with van der Waals surface area (Å²) in [5.41, 5.74) is 0. The van der Waals surface area contributed by atoms with E-state index in [-0.39, 0.29) is 31.1 Å². The first-order valence-corrected chi connectivity index (χ1v) is 31.2. The molecule has 0 heterocycles. The molecule has 0 aromatic heterocycles. The Kier molecular flexibility index (Phi) is 59.4. The van der Waals surface area contributed by atoms with E-state index in [4.69, 9.17) is 14.2 Å². The van der Waals surface area contributed by atoms with Crippen LogP contribution in [-0.4, -0.2) is 37.2 Å². The summed E-state index contributed by atoms with van der Waals surface area (Å²) in [5.74, 6) is -0.964. The van der Waals surface area contributed by atoms with Crippen molar-refractivity contribution in [2.75, 3.05) is 13.2 Å². The Balaban J connectivity index is 4.45. The van der Waals surface area contributed by atoms with E-state index in [1.807, 2.05) is 0 Å². The van der Waals surface area contributed by atoms with E-state index in [9.17, 15) is 14.4 Å². The molecule has 0 aromatic rings. The van der Waals surface area contributed by atoms with Crippen LogP contribution < -0.4 is 0 Å². The van der Waals surface area contributed by atoms with Gasteiger partial charge in [0.15, 0.2) is 6.10 Å². The van der Waals surface area contributed by atoms with Crippen LogP contribution in [0.2, 0.25) is 0 Å². The van der Waals surface area contributed by atoms with Crippen molar-refractivity contribution >= 4 is 17.9 Å². The van der Waals surface area contributed by atoms with Gasteiger partial charge in [-0.05, 0) is 135 Å². The summed E-state index contributed by atoms with van der Waals surface area (Å²) in [5, 5.41) is 0. The topological polar surface area (TPSA) is 78.9 Å². The van der Waals surface area contributed by atoms with E-state index in [1.54, 1.807) is 0 Å². The van der Waals surface area contributed by atoms with Crippen molar-refractivity contribution < 1.29 is 28.6 Å². The minimum Gasteiger partial charge on any atom is -0.462 e. The van der Waals surface area contributed by atoms with Crippen LogP contribution in [-0.2, 0) is 28.6 Å². The van der Waals surface area contributed by atoms with Gasteiger partial charge in [-0.15, -0.1) is 0 Å². The predicted molar refractivity (Wildman–Crippen MR) is 329 cm³/mol. The van der Waals surface area contributed by atoms with Crippen LogP contribution >= 0.6 is 0 Å². The second-order valence-electron chi connectivity index (χ2n) is 20.2. The van der Waals surface area contributed by atoms with Gasteiger partial charge in [0, 0.05) is 19.3 Å². The summed E-state index contributed by atoms with van der Waals surface area (Å²) in [6, 6.07) is 0. The summed E-state index contributed by atoms with van der Waals surface area (Å²) >= 11 is 0. The molecule has 1 atom stereocenters. The van der Waals surface area contributed by atoms with E-state index in [1.165, 1.54) is 96.3 Å². The SMILES string of the molecule is CC/C=C\C/C=C\C/C=C\C/C=C\C/C=C\C/C=C\CCCCCCCCC(=O)OCC(COC(=O)CCCC/C=C\C/C=C\C/C=C\C/C=C\CC)OC(=O)CCCCCCCCC/C=C\CCCCCCCCC. The fourth-order valence-electron chi connectivity index (χ4n) is 8.25. The minimum absolute atomic E-state index is 0.105. The molecule has 0 fully saturated rings. The molecule has 76 heavy (non-hydrogen) atoms. The highest BCUT2D eigenvalue weighted by atomic mass is 16.6. The molecule has 0 spiro atoms. The second kappa shape index (κ2) is 63.1. The summed E-state index contributed by atoms with van der Waals surface area (Å²) in [4.78, 5) is 38.3. The number of hydrogen-bond donors (Lipinski definition) is 0. The number of hydrogen-bond acceptors (Lipinski definition) is 6. The molecule has 430 valence electrons. The van der Waals surface area contributed by atoms with Gasteiger partial charge < -0.3 is 14.2 Å². The molecular formula is C70H114O6. The Morgan fingerprint density at radius 3 is 0.842 bits per heavy atom. The molecule has 0 bridgehead atoms. The van der Waals surface area contributed by atoms with Gasteiger partial charge >= 0.3 is 17.9 Å². The summed E-state index contributed by atoms with van der Waals surface area (Å²) in [7, 11) is 0. The first-order valence-electron chi connectivity index (χ1n) is 31.2. The quantitative estimate of drug-likeness (QED) is 0.0261. The Bertz CT molecular complexity index is 1630. The number of ether oxygens (including phenoxy) is 3. The highest BCUT2D eigenvalue weighted by Crippen LogP contribution is 2.14. The maximum atomic E-state index is 12.9. The second-order valence-corrected chi connectivity index (χ2v) is 20.2. The van der Waals surface area contributed by atoms with Gasteiger partial charge in [-0.3, -0.25) is 14.4 Å². The molecule has 0 amide bonds. The van der Waals surface area contributed by atoms with Crippen molar-refractivity contribution in [3.8, 4) is 0 Å². The Labute approximate surface area is 468 Å². The van der Waals surface area contributed by atoms with Gasteiger partial charge in [0.1, 0.15) is 13.2 Å². The molecule has 0 aliphatic heterocycles. The monoisotopic (exact) mass is 1050 g/mol. The lowest BCUT2D eigenvalue weighted by molar-refractivity contribution is -0.167. The van der Waals surface area contributed by atoms with Crippen molar-refractivity contribution in [1.82, 2.24) is 0 Å². The number of allylic oxidation sites excluding steroid dienone is 22. The molecule has 0 rings (SSSR count). The van der Waals surface area contributed by atoms with E-state index in [0.29, 0.717) is 19.3 Å². The highest BCUT2D eigenvalue weighted by Gasteiger charge is 2.19. The lowest BCUT2D eigenvalue weighted by atomic mass is 10.1. The number of esters is 3. The Morgan fingerprint density at radius 2 is 0.513 bits per heavy atom. The van der Waals surface area contributed by atoms with Crippen LogP contribution in [0, 0.1) is 0 Å². The van der Waals surface area contributed by atoms with Crippen LogP contribution in [0.25, 0.3) is 0 Å². The molecule has 6 nitrogen and oxygen atoms in total. The molecule has 0 aromatic carbocycles. The molecule has 0 saturated carbocycles. The number of carbonyl (C=O) groups is 3. The first kappa shape index (κ1) is 71.5. The third-order valence-electron chi connectivity index (χ3n) is 12.9. The van der Waals surface area contributed by atoms with Crippen LogP contribution in [0.5, 0.6) is 0 Å². The third kappa shape index (κ3) is 60.4. The van der Waals surface area contributed by atoms with Crippen molar-refractivity contribution in [3.05, 3.63) is 134 Å². The molecule has 0 N–H and O–H groups in total. The zero-order valence-electron chi connectivity index (χ0n) is 49.2. The molecule has 1 unspecified atom stereocenters. The van der Waals surface area contributed by atoms with Gasteiger partial charge in [-0.25, -0.2) is 0 Å². The van der Waals surface area contributed by atoms with Gasteiger partial charge in [-0.1, -0.05) is 251 Å². The third-order valence-corrected chi connectivity index (χ3v) is 12.9. The average molecular weight is 1050 g/mol. The minimum atomic E-state index is -0.810. The lowest BCUT2D eigenvalue weighted by Crippen LogP contribution is -2.30. The molecule has 0 radical (unpaired) electrons. The zero-order chi connectivity index (χ0) is 55.0. The number of carbonyl (C=O) groups excluding carboxylic acids is 3. The number of rotatable bonds is 55. The zero-order valence-corrected chi connectivity index (χ0v) is 49.2. The van der Waals surface area contributed by atoms with Crippen molar-refractivity contribution in [3.63, 3.8) is 0 Å². The molecular weight excluding hydrogens is 937 g/mol. The first-order chi connectivity index (χ1) is 37.5. The summed E-state index contributed by atoms with van der Waals surface area (Å²) in [6.07, 6.45) is 88.8. The highest BCUT2D eigenvalue weighted by molar-refractivity contribution is 5.71. The van der Waals surface area contributed by atoms with E-state index >= 15 is 0 Å². The fraction of sp³-hybridized carbons (Fsp3) is 0.643. The van der Waals surface area contributed by atoms with E-state index in [0.717, 1.165) is 135 Å². The Morgan fingerprint density at radius 1 is 0.276 bits per heavy atom. The van der Waals surface area contributed by atoms with Crippen molar-refractivity contribution in [1.29, 1.82) is 0 Å². The van der Waals surface area contributed by atoms with Crippen LogP contribution in [0.3, 0.4) is 0 Å². The largest absolute Gasteiger partial charge is 0.462 e. The standard InChI is InChI=1S/C70H114O6/c1-4-7-10-13-16-19-22-25-28-30-32-33-34-35-36-37-38-40-42-45-48-51-54-57-60-63-69(72)75-66-67(65-74-68(71)62-59-56-53-50-47-44-41-27-24-21-18-15-12-9-6-3)76-70(73)64-61-58-55-52-49-46-43-39-31-29-26-23-20-17-14-11-8-5-2/h7,9-10,12,16,18-19,21,25,27-29,31-33,35-36,38,40-41,47,50,67H,4-6,8,11,13-15,17,20,22-24,26,30,34,37,39,42-46,48-49,51-66H2,1-3H3/b10-7-,12-9-,19-16-,21-18-,28-25-,31-29-,33-32-,36-35-,40-38-,41-27-,50-47-. The maximum Gasteiger partial charge on any atom is 0.306 e. The van der Waals surface area contributed by atoms with Crippen LogP contribution in [0.1, 0.15) is 271 Å². The molecule has 0 saturated heterocycles. The molecule has 6 heteroatoms.